The van der Waals surface area contributed by atoms with Gasteiger partial charge in [-0.2, -0.15) is 0 Å². The van der Waals surface area contributed by atoms with E-state index in [1.54, 1.807) is 34.7 Å². The number of benzene rings is 3. The number of rotatable bonds is 7. The van der Waals surface area contributed by atoms with Crippen LogP contribution in [0.25, 0.3) is 11.0 Å². The standard InChI is InChI=1S/C26H25N5O4/c1-17-7-9-19(10-8-17)14-30(25(32)15-31-22-6-4-3-5-21(22)28-29-31)18(2)26(33)27-20-11-12-23-24(13-20)35-16-34-23/h3-13,18H,14-16H2,1-2H3,(H,27,33). The number of anilines is 1. The third-order valence-electron chi connectivity index (χ3n) is 5.99. The SMILES string of the molecule is Cc1ccc(CN(C(=O)Cn2nnc3ccccc32)C(C)C(=O)Nc2ccc3c(c2)OCO3)cc1. The Morgan fingerprint density at radius 3 is 2.66 bits per heavy atom. The van der Waals surface area contributed by atoms with E-state index in [0.717, 1.165) is 16.6 Å². The monoisotopic (exact) mass is 471 g/mol. The summed E-state index contributed by atoms with van der Waals surface area (Å²) in [4.78, 5) is 28.3. The number of hydrogen-bond donors (Lipinski definition) is 1. The van der Waals surface area contributed by atoms with E-state index in [4.69, 9.17) is 9.47 Å². The summed E-state index contributed by atoms with van der Waals surface area (Å²) in [7, 11) is 0. The normalized spacial score (nSPS) is 13.0. The van der Waals surface area contributed by atoms with Gasteiger partial charge in [0.25, 0.3) is 0 Å². The molecule has 1 unspecified atom stereocenters. The molecule has 3 aromatic carbocycles. The first kappa shape index (κ1) is 22.4. The molecular formula is C26H25N5O4. The zero-order valence-corrected chi connectivity index (χ0v) is 19.5. The molecule has 0 saturated carbocycles. The van der Waals surface area contributed by atoms with Crippen LogP contribution < -0.4 is 14.8 Å². The van der Waals surface area contributed by atoms with Gasteiger partial charge in [-0.1, -0.05) is 47.2 Å². The Kier molecular flexibility index (Phi) is 6.05. The highest BCUT2D eigenvalue weighted by atomic mass is 16.7. The van der Waals surface area contributed by atoms with Gasteiger partial charge in [0.1, 0.15) is 18.1 Å². The summed E-state index contributed by atoms with van der Waals surface area (Å²) in [5, 5.41) is 11.2. The molecule has 2 amide bonds. The fraction of sp³-hybridized carbons (Fsp3) is 0.231. The number of ether oxygens (including phenoxy) is 2. The number of fused-ring (bicyclic) bond motifs is 2. The molecule has 178 valence electrons. The fourth-order valence-corrected chi connectivity index (χ4v) is 3.95. The van der Waals surface area contributed by atoms with Crippen molar-refractivity contribution in [1.82, 2.24) is 19.9 Å². The number of aryl methyl sites for hydroxylation is 1. The average Bonchev–Trinajstić information content (AvgIpc) is 3.50. The molecule has 0 aliphatic carbocycles. The highest BCUT2D eigenvalue weighted by molar-refractivity contribution is 5.97. The Morgan fingerprint density at radius 1 is 1.06 bits per heavy atom. The molecule has 0 spiro atoms. The van der Waals surface area contributed by atoms with Crippen molar-refractivity contribution in [3.05, 3.63) is 77.9 Å². The molecular weight excluding hydrogens is 446 g/mol. The van der Waals surface area contributed by atoms with Crippen molar-refractivity contribution in [3.8, 4) is 11.5 Å². The van der Waals surface area contributed by atoms with Crippen LogP contribution in [0.3, 0.4) is 0 Å². The number of hydrogen-bond acceptors (Lipinski definition) is 6. The van der Waals surface area contributed by atoms with E-state index in [0.29, 0.717) is 22.7 Å². The first-order valence-corrected chi connectivity index (χ1v) is 11.3. The fourth-order valence-electron chi connectivity index (χ4n) is 3.95. The summed E-state index contributed by atoms with van der Waals surface area (Å²) >= 11 is 0. The van der Waals surface area contributed by atoms with Crippen LogP contribution in [0.2, 0.25) is 0 Å². The molecule has 0 saturated heterocycles. The van der Waals surface area contributed by atoms with Crippen LogP contribution in [-0.4, -0.2) is 44.5 Å². The van der Waals surface area contributed by atoms with Crippen LogP contribution in [0.4, 0.5) is 5.69 Å². The van der Waals surface area contributed by atoms with Gasteiger partial charge < -0.3 is 19.7 Å². The molecule has 1 aliphatic rings. The molecule has 0 radical (unpaired) electrons. The van der Waals surface area contributed by atoms with E-state index in [9.17, 15) is 9.59 Å². The summed E-state index contributed by atoms with van der Waals surface area (Å²) in [6, 6.07) is 19.8. The predicted molar refractivity (Wildman–Crippen MR) is 130 cm³/mol. The van der Waals surface area contributed by atoms with Gasteiger partial charge in [-0.05, 0) is 43.7 Å². The van der Waals surface area contributed by atoms with Crippen LogP contribution >= 0.6 is 0 Å². The van der Waals surface area contributed by atoms with Crippen molar-refractivity contribution < 1.29 is 19.1 Å². The highest BCUT2D eigenvalue weighted by Crippen LogP contribution is 2.34. The van der Waals surface area contributed by atoms with Crippen molar-refractivity contribution in [1.29, 1.82) is 0 Å². The molecule has 9 heteroatoms. The van der Waals surface area contributed by atoms with Crippen LogP contribution in [0, 0.1) is 6.92 Å². The molecule has 2 heterocycles. The first-order chi connectivity index (χ1) is 17.0. The van der Waals surface area contributed by atoms with E-state index in [1.807, 2.05) is 55.5 Å². The molecule has 5 rings (SSSR count). The first-order valence-electron chi connectivity index (χ1n) is 11.3. The molecule has 9 nitrogen and oxygen atoms in total. The second-order valence-corrected chi connectivity index (χ2v) is 8.48. The van der Waals surface area contributed by atoms with Crippen molar-refractivity contribution >= 4 is 28.5 Å². The van der Waals surface area contributed by atoms with Gasteiger partial charge in [-0.25, -0.2) is 4.68 Å². The lowest BCUT2D eigenvalue weighted by Gasteiger charge is -2.29. The topological polar surface area (TPSA) is 98.6 Å². The number of nitrogens with zero attached hydrogens (tertiary/aromatic N) is 4. The summed E-state index contributed by atoms with van der Waals surface area (Å²) in [6.45, 7) is 4.12. The van der Waals surface area contributed by atoms with E-state index in [1.165, 1.54) is 0 Å². The largest absolute Gasteiger partial charge is 0.454 e. The zero-order chi connectivity index (χ0) is 24.4. The summed E-state index contributed by atoms with van der Waals surface area (Å²) in [6.07, 6.45) is 0. The van der Waals surface area contributed by atoms with Crippen LogP contribution in [0.15, 0.2) is 66.7 Å². The van der Waals surface area contributed by atoms with Gasteiger partial charge in [0.2, 0.25) is 18.6 Å². The third-order valence-corrected chi connectivity index (χ3v) is 5.99. The second-order valence-electron chi connectivity index (χ2n) is 8.48. The maximum atomic E-state index is 13.5. The lowest BCUT2D eigenvalue weighted by Crippen LogP contribution is -2.46. The summed E-state index contributed by atoms with van der Waals surface area (Å²) in [5.41, 5.74) is 4.08. The molecule has 1 aromatic heterocycles. The molecule has 1 aliphatic heterocycles. The third kappa shape index (κ3) is 4.79. The number of amides is 2. The zero-order valence-electron chi connectivity index (χ0n) is 19.5. The summed E-state index contributed by atoms with van der Waals surface area (Å²) < 4.78 is 12.3. The number of para-hydroxylation sites is 1. The van der Waals surface area contributed by atoms with E-state index >= 15 is 0 Å². The average molecular weight is 472 g/mol. The molecule has 35 heavy (non-hydrogen) atoms. The van der Waals surface area contributed by atoms with Crippen LogP contribution in [-0.2, 0) is 22.7 Å². The van der Waals surface area contributed by atoms with E-state index in [2.05, 4.69) is 15.6 Å². The Hall–Kier alpha value is -4.40. The highest BCUT2D eigenvalue weighted by Gasteiger charge is 2.27. The molecule has 0 bridgehead atoms. The van der Waals surface area contributed by atoms with Gasteiger partial charge in [0, 0.05) is 18.3 Å². The minimum Gasteiger partial charge on any atom is -0.454 e. The number of aromatic nitrogens is 3. The second kappa shape index (κ2) is 9.46. The minimum absolute atomic E-state index is 0.0337. The van der Waals surface area contributed by atoms with E-state index in [-0.39, 0.29) is 31.7 Å². The van der Waals surface area contributed by atoms with Crippen LogP contribution in [0.5, 0.6) is 11.5 Å². The van der Waals surface area contributed by atoms with Crippen molar-refractivity contribution in [2.45, 2.75) is 33.0 Å². The van der Waals surface area contributed by atoms with Crippen molar-refractivity contribution in [2.75, 3.05) is 12.1 Å². The van der Waals surface area contributed by atoms with E-state index < -0.39 is 6.04 Å². The molecule has 4 aromatic rings. The molecule has 0 fully saturated rings. The van der Waals surface area contributed by atoms with Crippen LogP contribution in [0.1, 0.15) is 18.1 Å². The lowest BCUT2D eigenvalue weighted by atomic mass is 10.1. The number of nitrogens with one attached hydrogen (secondary N) is 1. The number of carbonyl (C=O) groups is 2. The van der Waals surface area contributed by atoms with Crippen molar-refractivity contribution in [3.63, 3.8) is 0 Å². The Balaban J connectivity index is 1.37. The molecule has 1 atom stereocenters. The van der Waals surface area contributed by atoms with Gasteiger partial charge >= 0.3 is 0 Å². The lowest BCUT2D eigenvalue weighted by molar-refractivity contribution is -0.139. The van der Waals surface area contributed by atoms with Gasteiger partial charge in [0.05, 0.1) is 5.52 Å². The minimum atomic E-state index is -0.746. The van der Waals surface area contributed by atoms with Gasteiger partial charge in [-0.15, -0.1) is 5.10 Å². The Bertz CT molecular complexity index is 1380. The molecule has 1 N–H and O–H groups in total. The van der Waals surface area contributed by atoms with Gasteiger partial charge in [0.15, 0.2) is 11.5 Å². The summed E-state index contributed by atoms with van der Waals surface area (Å²) in [5.74, 6) is 0.649. The maximum Gasteiger partial charge on any atom is 0.246 e. The Morgan fingerprint density at radius 2 is 1.83 bits per heavy atom. The smallest absolute Gasteiger partial charge is 0.246 e. The maximum absolute atomic E-state index is 13.5. The quantitative estimate of drug-likeness (QED) is 0.443. The van der Waals surface area contributed by atoms with Crippen molar-refractivity contribution in [2.24, 2.45) is 0 Å². The predicted octanol–water partition coefficient (Wildman–Crippen LogP) is 3.52. The van der Waals surface area contributed by atoms with Gasteiger partial charge in [-0.3, -0.25) is 9.59 Å². The number of carbonyl (C=O) groups excluding carboxylic acids is 2. The Labute approximate surface area is 202 Å².